The Labute approximate surface area is 181 Å². The van der Waals surface area contributed by atoms with Crippen molar-refractivity contribution in [1.29, 1.82) is 0 Å². The van der Waals surface area contributed by atoms with Crippen LogP contribution < -0.4 is 0 Å². The zero-order valence-electron chi connectivity index (χ0n) is 18.2. The molecule has 0 aromatic carbocycles. The summed E-state index contributed by atoms with van der Waals surface area (Å²) < 4.78 is 29.6. The van der Waals surface area contributed by atoms with Crippen molar-refractivity contribution in [3.63, 3.8) is 0 Å². The zero-order valence-corrected chi connectivity index (χ0v) is 20.0. The molecule has 0 unspecified atom stereocenters. The van der Waals surface area contributed by atoms with Crippen molar-refractivity contribution in [3.8, 4) is 0 Å². The van der Waals surface area contributed by atoms with E-state index >= 15 is 0 Å². The smallest absolute Gasteiger partial charge is 0.413 e. The molecule has 0 aliphatic carbocycles. The molecule has 0 aliphatic rings. The average Bonchev–Trinajstić information content (AvgIpc) is 2.64. The van der Waals surface area contributed by atoms with Gasteiger partial charge >= 0.3 is 15.6 Å². The highest BCUT2D eigenvalue weighted by Crippen LogP contribution is 2.36. The topological polar surface area (TPSA) is 134 Å². The molecule has 8 nitrogen and oxygen atoms in total. The fourth-order valence-electron chi connectivity index (χ4n) is 3.21. The van der Waals surface area contributed by atoms with Gasteiger partial charge in [0.05, 0.1) is 12.9 Å². The first-order chi connectivity index (χ1) is 14.2. The third-order valence-corrected chi connectivity index (χ3v) is 5.73. The lowest BCUT2D eigenvalue weighted by Gasteiger charge is -2.05. The lowest BCUT2D eigenvalue weighted by Crippen LogP contribution is -1.92. The highest BCUT2D eigenvalue weighted by Gasteiger charge is 2.12. The van der Waals surface area contributed by atoms with E-state index in [1.807, 2.05) is 0 Å². The van der Waals surface area contributed by atoms with Crippen molar-refractivity contribution in [2.24, 2.45) is 0 Å². The molecule has 0 fully saturated rings. The molecule has 0 atom stereocenters. The summed E-state index contributed by atoms with van der Waals surface area (Å²) in [5.74, 6) is 0. The predicted octanol–water partition coefficient (Wildman–Crippen LogP) is 6.35. The molecular weight excluding hydrogens is 430 g/mol. The molecule has 30 heavy (non-hydrogen) atoms. The molecule has 180 valence electrons. The summed E-state index contributed by atoms with van der Waals surface area (Å²) in [6.45, 7) is 0.138. The minimum Gasteiger partial charge on any atom is -0.413 e. The molecule has 0 radical (unpaired) electrons. The number of phosphoric ester groups is 2. The van der Waals surface area contributed by atoms with Gasteiger partial charge in [-0.15, -0.1) is 0 Å². The maximum Gasteiger partial charge on any atom is 0.524 e. The van der Waals surface area contributed by atoms with Crippen LogP contribution in [0.2, 0.25) is 0 Å². The van der Waals surface area contributed by atoms with Gasteiger partial charge in [0.1, 0.15) is 0 Å². The number of hydrogen-bond donors (Lipinski definition) is 4. The molecule has 0 saturated heterocycles. The second-order valence-electron chi connectivity index (χ2n) is 7.74. The van der Waals surface area contributed by atoms with E-state index in [1.54, 1.807) is 6.08 Å². The summed E-state index contributed by atoms with van der Waals surface area (Å²) in [5.41, 5.74) is 0. The van der Waals surface area contributed by atoms with Crippen molar-refractivity contribution in [2.75, 3.05) is 6.61 Å². The Hall–Kier alpha value is -0.200. The van der Waals surface area contributed by atoms with Gasteiger partial charge in [-0.3, -0.25) is 14.3 Å². The van der Waals surface area contributed by atoms with Gasteiger partial charge in [0, 0.05) is 0 Å². The Kier molecular flexibility index (Phi) is 19.4. The van der Waals surface area contributed by atoms with Crippen LogP contribution in [0.4, 0.5) is 0 Å². The maximum absolute atomic E-state index is 10.5. The van der Waals surface area contributed by atoms with Crippen molar-refractivity contribution >= 4 is 15.6 Å². The normalized spacial score (nSPS) is 12.7. The average molecular weight is 472 g/mol. The highest BCUT2D eigenvalue weighted by atomic mass is 31.2. The zero-order chi connectivity index (χ0) is 22.6. The molecule has 10 heteroatoms. The van der Waals surface area contributed by atoms with E-state index in [9.17, 15) is 9.13 Å². The van der Waals surface area contributed by atoms with Gasteiger partial charge in [-0.2, -0.15) is 0 Å². The summed E-state index contributed by atoms with van der Waals surface area (Å²) in [6, 6.07) is 0. The maximum atomic E-state index is 10.5. The van der Waals surface area contributed by atoms with Gasteiger partial charge in [-0.25, -0.2) is 9.13 Å². The number of allylic oxidation sites excluding steroid dienone is 1. The number of hydrogen-bond acceptors (Lipinski definition) is 4. The summed E-state index contributed by atoms with van der Waals surface area (Å²) in [7, 11) is -8.67. The monoisotopic (exact) mass is 472 g/mol. The molecule has 0 aliphatic heterocycles. The molecule has 0 saturated carbocycles. The summed E-state index contributed by atoms with van der Waals surface area (Å²) in [6.07, 6.45) is 22.4. The van der Waals surface area contributed by atoms with Crippen LogP contribution in [0.1, 0.15) is 109 Å². The summed E-state index contributed by atoms with van der Waals surface area (Å²) in [5, 5.41) is 0. The fraction of sp³-hybridized carbons (Fsp3) is 0.900. The standard InChI is InChI=1S/C20H42O8P2/c21-29(22,23)27-19-17-15-13-11-9-7-5-3-1-2-4-6-8-10-12-14-16-18-20-28-30(24,25)26/h17,19H,1-16,18,20H2,(H2,21,22,23)(H2,24,25,26)/b19-17+. The Morgan fingerprint density at radius 1 is 0.533 bits per heavy atom. The molecular formula is C20H42O8P2. The van der Waals surface area contributed by atoms with Crippen molar-refractivity contribution in [2.45, 2.75) is 109 Å². The van der Waals surface area contributed by atoms with Gasteiger partial charge in [-0.1, -0.05) is 89.9 Å². The third-order valence-electron chi connectivity index (χ3n) is 4.82. The molecule has 0 aromatic rings. The molecule has 0 aromatic heterocycles. The van der Waals surface area contributed by atoms with E-state index in [-0.39, 0.29) is 6.61 Å². The number of rotatable bonds is 22. The first kappa shape index (κ1) is 29.8. The van der Waals surface area contributed by atoms with Gasteiger partial charge < -0.3 is 14.3 Å². The Morgan fingerprint density at radius 3 is 1.27 bits per heavy atom. The van der Waals surface area contributed by atoms with Gasteiger partial charge in [0.15, 0.2) is 0 Å². The van der Waals surface area contributed by atoms with E-state index in [4.69, 9.17) is 19.6 Å². The minimum atomic E-state index is -4.38. The molecule has 4 N–H and O–H groups in total. The van der Waals surface area contributed by atoms with Crippen LogP contribution in [0.5, 0.6) is 0 Å². The Bertz CT molecular complexity index is 501. The van der Waals surface area contributed by atoms with Crippen molar-refractivity contribution < 1.29 is 37.8 Å². The van der Waals surface area contributed by atoms with E-state index < -0.39 is 15.6 Å². The molecule has 0 rings (SSSR count). The van der Waals surface area contributed by atoms with Gasteiger partial charge in [-0.05, 0) is 25.3 Å². The second kappa shape index (κ2) is 19.5. The summed E-state index contributed by atoms with van der Waals surface area (Å²) in [4.78, 5) is 34.1. The van der Waals surface area contributed by atoms with Crippen molar-refractivity contribution in [3.05, 3.63) is 12.3 Å². The van der Waals surface area contributed by atoms with Crippen LogP contribution in [0, 0.1) is 0 Å². The number of phosphoric acid groups is 2. The first-order valence-electron chi connectivity index (χ1n) is 11.3. The SMILES string of the molecule is O=P(O)(O)O/C=C/CCCCCCCCCCCCCCCCCCOP(=O)(O)O. The molecule has 0 bridgehead atoms. The van der Waals surface area contributed by atoms with Crippen LogP contribution in [0.15, 0.2) is 12.3 Å². The van der Waals surface area contributed by atoms with Gasteiger partial charge in [0.2, 0.25) is 0 Å². The minimum absolute atomic E-state index is 0.138. The largest absolute Gasteiger partial charge is 0.524 e. The Balaban J connectivity index is 3.13. The van der Waals surface area contributed by atoms with Crippen LogP contribution >= 0.6 is 15.6 Å². The Morgan fingerprint density at radius 2 is 0.900 bits per heavy atom. The summed E-state index contributed by atoms with van der Waals surface area (Å²) >= 11 is 0. The lowest BCUT2D eigenvalue weighted by molar-refractivity contribution is 0.193. The van der Waals surface area contributed by atoms with Crippen LogP contribution in [-0.2, 0) is 18.2 Å². The van der Waals surface area contributed by atoms with Crippen molar-refractivity contribution in [1.82, 2.24) is 0 Å². The predicted molar refractivity (Wildman–Crippen MR) is 119 cm³/mol. The molecule has 0 heterocycles. The third kappa shape index (κ3) is 27.8. The van der Waals surface area contributed by atoms with Crippen LogP contribution in [-0.4, -0.2) is 26.2 Å². The fourth-order valence-corrected chi connectivity index (χ4v) is 3.82. The van der Waals surface area contributed by atoms with Crippen LogP contribution in [0.3, 0.4) is 0 Å². The molecule has 0 amide bonds. The van der Waals surface area contributed by atoms with E-state index in [2.05, 4.69) is 9.05 Å². The number of unbranched alkanes of at least 4 members (excludes halogenated alkanes) is 16. The van der Waals surface area contributed by atoms with E-state index in [1.165, 1.54) is 70.6 Å². The molecule has 0 spiro atoms. The van der Waals surface area contributed by atoms with E-state index in [0.717, 1.165) is 38.4 Å². The lowest BCUT2D eigenvalue weighted by atomic mass is 10.0. The second-order valence-corrected chi connectivity index (χ2v) is 10.2. The quantitative estimate of drug-likeness (QED) is 0.0813. The van der Waals surface area contributed by atoms with E-state index in [0.29, 0.717) is 6.42 Å². The first-order valence-corrected chi connectivity index (χ1v) is 14.4. The highest BCUT2D eigenvalue weighted by molar-refractivity contribution is 7.46. The van der Waals surface area contributed by atoms with Gasteiger partial charge in [0.25, 0.3) is 0 Å². The van der Waals surface area contributed by atoms with Crippen LogP contribution in [0.25, 0.3) is 0 Å².